The highest BCUT2D eigenvalue weighted by Crippen LogP contribution is 2.20. The maximum Gasteiger partial charge on any atom is 0.379 e. The molecular formula is C7H12F3NOS. The molecular weight excluding hydrogens is 203 g/mol. The van der Waals surface area contributed by atoms with Gasteiger partial charge in [-0.05, 0) is 20.1 Å². The summed E-state index contributed by atoms with van der Waals surface area (Å²) < 4.78 is 34.2. The molecule has 1 heterocycles. The predicted molar refractivity (Wildman–Crippen MR) is 48.1 cm³/mol. The molecule has 13 heavy (non-hydrogen) atoms. The first kappa shape index (κ1) is 12.6. The van der Waals surface area contributed by atoms with Gasteiger partial charge in [0.25, 0.3) is 0 Å². The Labute approximate surface area is 79.6 Å². The van der Waals surface area contributed by atoms with Crippen molar-refractivity contribution in [2.45, 2.75) is 26.1 Å². The Morgan fingerprint density at radius 2 is 1.92 bits per heavy atom. The second-order valence-electron chi connectivity index (χ2n) is 2.93. The monoisotopic (exact) mass is 215 g/mol. The van der Waals surface area contributed by atoms with Gasteiger partial charge in [0.2, 0.25) is 5.23 Å². The van der Waals surface area contributed by atoms with E-state index in [1.165, 1.54) is 0 Å². The van der Waals surface area contributed by atoms with Crippen LogP contribution >= 0.6 is 11.8 Å². The van der Waals surface area contributed by atoms with Crippen LogP contribution in [0.2, 0.25) is 0 Å². The van der Waals surface area contributed by atoms with Crippen molar-refractivity contribution in [3.05, 3.63) is 0 Å². The zero-order valence-electron chi connectivity index (χ0n) is 7.68. The topological polar surface area (TPSA) is 21.6 Å². The summed E-state index contributed by atoms with van der Waals surface area (Å²) in [6, 6.07) is 0. The summed E-state index contributed by atoms with van der Waals surface area (Å²) in [5.41, 5.74) is 0.0122. The lowest BCUT2D eigenvalue weighted by atomic mass is 10.1. The van der Waals surface area contributed by atoms with Crippen molar-refractivity contribution >= 4 is 17.0 Å². The van der Waals surface area contributed by atoms with Crippen LogP contribution in [0.4, 0.5) is 13.2 Å². The fraction of sp³-hybridized carbons (Fsp3) is 0.857. The number of hydrogen-bond donors (Lipinski definition) is 0. The van der Waals surface area contributed by atoms with E-state index >= 15 is 0 Å². The molecule has 6 heteroatoms. The highest BCUT2D eigenvalue weighted by molar-refractivity contribution is 8.12. The van der Waals surface area contributed by atoms with E-state index in [4.69, 9.17) is 4.74 Å². The molecule has 0 aliphatic carbocycles. The Hall–Kier alpha value is -0.390. The van der Waals surface area contributed by atoms with Crippen molar-refractivity contribution in [1.29, 1.82) is 0 Å². The third kappa shape index (κ3) is 6.74. The molecule has 0 spiro atoms. The molecule has 0 aromatic heterocycles. The van der Waals surface area contributed by atoms with Gasteiger partial charge in [-0.2, -0.15) is 13.2 Å². The summed E-state index contributed by atoms with van der Waals surface area (Å²) in [5, 5.41) is 0.819. The molecule has 0 aromatic carbocycles. The maximum absolute atomic E-state index is 9.67. The predicted octanol–water partition coefficient (Wildman–Crippen LogP) is 2.69. The minimum Gasteiger partial charge on any atom is -0.470 e. The van der Waals surface area contributed by atoms with Crippen molar-refractivity contribution in [1.82, 2.24) is 0 Å². The second-order valence-corrected chi connectivity index (χ2v) is 3.69. The fourth-order valence-electron chi connectivity index (χ4n) is 0.655. The second kappa shape index (κ2) is 5.36. The van der Waals surface area contributed by atoms with Gasteiger partial charge in [0.1, 0.15) is 6.61 Å². The van der Waals surface area contributed by atoms with Crippen molar-refractivity contribution in [3.8, 4) is 0 Å². The minimum absolute atomic E-state index is 0.0122. The largest absolute Gasteiger partial charge is 0.470 e. The lowest BCUT2D eigenvalue weighted by Gasteiger charge is -2.07. The van der Waals surface area contributed by atoms with E-state index in [1.54, 1.807) is 11.8 Å². The van der Waals surface area contributed by atoms with Crippen LogP contribution in [-0.4, -0.2) is 30.3 Å². The SMILES string of the molecule is CSC1=NC(C)(C)CO1.FC(F)F. The normalized spacial score (nSPS) is 18.8. The Kier molecular flexibility index (Phi) is 5.20. The summed E-state index contributed by atoms with van der Waals surface area (Å²) in [6.45, 7) is 1.19. The number of nitrogens with zero attached hydrogens (tertiary/aromatic N) is 1. The molecule has 0 radical (unpaired) electrons. The first-order chi connectivity index (χ1) is 5.87. The molecule has 1 aliphatic rings. The van der Waals surface area contributed by atoms with Crippen molar-refractivity contribution in [2.24, 2.45) is 4.99 Å². The van der Waals surface area contributed by atoms with Crippen LogP contribution in [0, 0.1) is 0 Å². The quantitative estimate of drug-likeness (QED) is 0.619. The van der Waals surface area contributed by atoms with E-state index in [0.29, 0.717) is 0 Å². The number of halogens is 3. The first-order valence-corrected chi connectivity index (χ1v) is 4.79. The van der Waals surface area contributed by atoms with Crippen LogP contribution in [0.15, 0.2) is 4.99 Å². The van der Waals surface area contributed by atoms with Crippen LogP contribution < -0.4 is 0 Å². The minimum atomic E-state index is -3.67. The van der Waals surface area contributed by atoms with E-state index in [9.17, 15) is 13.2 Å². The van der Waals surface area contributed by atoms with Crippen molar-refractivity contribution in [3.63, 3.8) is 0 Å². The molecule has 0 saturated carbocycles. The van der Waals surface area contributed by atoms with Crippen LogP contribution in [0.1, 0.15) is 13.8 Å². The number of alkyl halides is 3. The average molecular weight is 215 g/mol. The average Bonchev–Trinajstić information content (AvgIpc) is 2.28. The smallest absolute Gasteiger partial charge is 0.379 e. The van der Waals surface area contributed by atoms with Crippen molar-refractivity contribution < 1.29 is 17.9 Å². The molecule has 0 aromatic rings. The number of aliphatic imine (C=N–C) groups is 1. The van der Waals surface area contributed by atoms with Gasteiger partial charge in [-0.25, -0.2) is 4.99 Å². The standard InChI is InChI=1S/C6H11NOS.CHF3/c1-6(2)4-8-5(7-6)9-3;2-1(3)4/h4H2,1-3H3;1H. The number of hydrogen-bond acceptors (Lipinski definition) is 3. The maximum atomic E-state index is 9.67. The van der Waals surface area contributed by atoms with Crippen LogP contribution in [0.3, 0.4) is 0 Å². The van der Waals surface area contributed by atoms with Crippen LogP contribution in [0.5, 0.6) is 0 Å². The molecule has 0 amide bonds. The van der Waals surface area contributed by atoms with Gasteiger partial charge in [-0.3, -0.25) is 0 Å². The van der Waals surface area contributed by atoms with Gasteiger partial charge in [-0.1, -0.05) is 11.8 Å². The Morgan fingerprint density at radius 3 is 2.08 bits per heavy atom. The number of ether oxygens (including phenoxy) is 1. The molecule has 1 rings (SSSR count). The zero-order chi connectivity index (χ0) is 10.5. The van der Waals surface area contributed by atoms with Crippen LogP contribution in [-0.2, 0) is 4.74 Å². The van der Waals surface area contributed by atoms with E-state index in [-0.39, 0.29) is 5.54 Å². The Balaban J connectivity index is 0.000000310. The molecule has 78 valence electrons. The van der Waals surface area contributed by atoms with Crippen molar-refractivity contribution in [2.75, 3.05) is 12.9 Å². The molecule has 0 bridgehead atoms. The van der Waals surface area contributed by atoms with E-state index in [2.05, 4.69) is 18.8 Å². The third-order valence-corrected chi connectivity index (χ3v) is 1.68. The Bertz CT molecular complexity index is 182. The summed E-state index contributed by atoms with van der Waals surface area (Å²) >= 11 is 1.56. The third-order valence-electron chi connectivity index (χ3n) is 1.12. The molecule has 0 unspecified atom stereocenters. The highest BCUT2D eigenvalue weighted by atomic mass is 32.2. The van der Waals surface area contributed by atoms with Gasteiger partial charge in [0.15, 0.2) is 0 Å². The summed E-state index contributed by atoms with van der Waals surface area (Å²) in [4.78, 5) is 4.30. The zero-order valence-corrected chi connectivity index (χ0v) is 8.50. The molecule has 2 nitrogen and oxygen atoms in total. The first-order valence-electron chi connectivity index (χ1n) is 3.56. The van der Waals surface area contributed by atoms with E-state index in [1.807, 2.05) is 6.26 Å². The molecule has 0 fully saturated rings. The highest BCUT2D eigenvalue weighted by Gasteiger charge is 2.25. The summed E-state index contributed by atoms with van der Waals surface area (Å²) in [7, 11) is 0. The van der Waals surface area contributed by atoms with Gasteiger partial charge in [0, 0.05) is 0 Å². The summed E-state index contributed by atoms with van der Waals surface area (Å²) in [6.07, 6.45) is 1.97. The molecule has 1 aliphatic heterocycles. The van der Waals surface area contributed by atoms with Gasteiger partial charge >= 0.3 is 6.68 Å². The van der Waals surface area contributed by atoms with E-state index < -0.39 is 6.68 Å². The van der Waals surface area contributed by atoms with E-state index in [0.717, 1.165) is 11.8 Å². The number of thioether (sulfide) groups is 1. The lowest BCUT2D eigenvalue weighted by molar-refractivity contribution is 0.00819. The lowest BCUT2D eigenvalue weighted by Crippen LogP contribution is -2.17. The number of rotatable bonds is 0. The van der Waals surface area contributed by atoms with Gasteiger partial charge in [0.05, 0.1) is 5.54 Å². The van der Waals surface area contributed by atoms with Gasteiger partial charge < -0.3 is 4.74 Å². The Morgan fingerprint density at radius 1 is 1.46 bits per heavy atom. The molecule has 0 saturated heterocycles. The van der Waals surface area contributed by atoms with Crippen LogP contribution in [0.25, 0.3) is 0 Å². The molecule has 0 N–H and O–H groups in total. The fourth-order valence-corrected chi connectivity index (χ4v) is 1.17. The molecule has 0 atom stereocenters. The summed E-state index contributed by atoms with van der Waals surface area (Å²) in [5.74, 6) is 0. The van der Waals surface area contributed by atoms with Gasteiger partial charge in [-0.15, -0.1) is 0 Å².